The Labute approximate surface area is 135 Å². The molecule has 2 aromatic carbocycles. The summed E-state index contributed by atoms with van der Waals surface area (Å²) in [5.74, 6) is 0.224. The smallest absolute Gasteiger partial charge is 0.332 e. The lowest BCUT2D eigenvalue weighted by Crippen LogP contribution is -2.10. The second kappa shape index (κ2) is 7.89. The van der Waals surface area contributed by atoms with Gasteiger partial charge in [-0.3, -0.25) is 0 Å². The number of phenols is 1. The van der Waals surface area contributed by atoms with E-state index in [-0.39, 0.29) is 5.75 Å². The number of anilines is 2. The molecular formula is C18H19NO4. The van der Waals surface area contributed by atoms with E-state index in [4.69, 9.17) is 9.47 Å². The van der Waals surface area contributed by atoms with Gasteiger partial charge >= 0.3 is 5.97 Å². The first-order chi connectivity index (χ1) is 11.2. The molecule has 0 bridgehead atoms. The summed E-state index contributed by atoms with van der Waals surface area (Å²) in [5, 5.41) is 10.2. The predicted octanol–water partition coefficient (Wildman–Crippen LogP) is 3.62. The largest absolute Gasteiger partial charge is 0.506 e. The average Bonchev–Trinajstić information content (AvgIpc) is 2.58. The first-order valence-corrected chi connectivity index (χ1v) is 7.22. The number of hydrogen-bond acceptors (Lipinski definition) is 5. The van der Waals surface area contributed by atoms with Crippen LogP contribution in [0.15, 0.2) is 60.8 Å². The van der Waals surface area contributed by atoms with E-state index >= 15 is 0 Å². The van der Waals surface area contributed by atoms with Crippen LogP contribution in [0.4, 0.5) is 11.4 Å². The zero-order valence-corrected chi connectivity index (χ0v) is 13.1. The van der Waals surface area contributed by atoms with Crippen LogP contribution < -0.4 is 9.64 Å². The van der Waals surface area contributed by atoms with Gasteiger partial charge in [-0.05, 0) is 31.2 Å². The van der Waals surface area contributed by atoms with Crippen molar-refractivity contribution in [2.45, 2.75) is 6.92 Å². The highest BCUT2D eigenvalue weighted by molar-refractivity contribution is 5.84. The minimum absolute atomic E-state index is 0.0724. The molecule has 1 N–H and O–H groups in total. The summed E-state index contributed by atoms with van der Waals surface area (Å²) in [7, 11) is 1.55. The molecule has 5 nitrogen and oxygen atoms in total. The summed E-state index contributed by atoms with van der Waals surface area (Å²) >= 11 is 0. The molecule has 0 aliphatic heterocycles. The predicted molar refractivity (Wildman–Crippen MR) is 89.0 cm³/mol. The molecule has 0 spiro atoms. The highest BCUT2D eigenvalue weighted by atomic mass is 16.5. The van der Waals surface area contributed by atoms with Crippen molar-refractivity contribution in [3.63, 3.8) is 0 Å². The molecule has 0 aliphatic rings. The fourth-order valence-corrected chi connectivity index (χ4v) is 2.04. The maximum absolute atomic E-state index is 11.6. The molecule has 0 heterocycles. The maximum atomic E-state index is 11.6. The summed E-state index contributed by atoms with van der Waals surface area (Å²) in [6.07, 6.45) is 2.87. The molecule has 23 heavy (non-hydrogen) atoms. The summed E-state index contributed by atoms with van der Waals surface area (Å²) in [6, 6.07) is 14.3. The van der Waals surface area contributed by atoms with Crippen molar-refractivity contribution in [3.05, 3.63) is 60.8 Å². The Balaban J connectivity index is 2.44. The maximum Gasteiger partial charge on any atom is 0.332 e. The number of rotatable bonds is 6. The zero-order valence-electron chi connectivity index (χ0n) is 13.1. The number of hydrogen-bond donors (Lipinski definition) is 1. The first kappa shape index (κ1) is 16.4. The van der Waals surface area contributed by atoms with Crippen LogP contribution in [0.2, 0.25) is 0 Å². The summed E-state index contributed by atoms with van der Waals surface area (Å²) < 4.78 is 10.1. The second-order valence-electron chi connectivity index (χ2n) is 4.63. The number of phenolic OH excluding ortho intramolecular Hbond substituents is 1. The molecule has 120 valence electrons. The van der Waals surface area contributed by atoms with Gasteiger partial charge in [0.05, 0.1) is 19.4 Å². The number of carbonyl (C=O) groups excluding carboxylic acids is 1. The van der Waals surface area contributed by atoms with Crippen molar-refractivity contribution in [2.75, 3.05) is 18.6 Å². The molecule has 0 unspecified atom stereocenters. The van der Waals surface area contributed by atoms with E-state index in [1.165, 1.54) is 6.08 Å². The molecule has 0 saturated carbocycles. The standard InChI is InChI=1S/C18H19NO4/c1-3-23-18(21)11-12-19(14-7-5-4-6-8-14)16-13-15(22-2)9-10-17(16)20/h4-13,20H,3H2,1-2H3/b12-11+. The van der Waals surface area contributed by atoms with Crippen LogP contribution in [0.5, 0.6) is 11.5 Å². The van der Waals surface area contributed by atoms with Crippen molar-refractivity contribution < 1.29 is 19.4 Å². The lowest BCUT2D eigenvalue weighted by atomic mass is 10.2. The van der Waals surface area contributed by atoms with E-state index in [0.717, 1.165) is 5.69 Å². The second-order valence-corrected chi connectivity index (χ2v) is 4.63. The lowest BCUT2D eigenvalue weighted by Gasteiger charge is -2.22. The third kappa shape index (κ3) is 4.26. The van der Waals surface area contributed by atoms with Crippen molar-refractivity contribution in [2.24, 2.45) is 0 Å². The van der Waals surface area contributed by atoms with E-state index < -0.39 is 5.97 Å². The minimum atomic E-state index is -0.448. The molecule has 0 aliphatic carbocycles. The Morgan fingerprint density at radius 3 is 2.61 bits per heavy atom. The Hall–Kier alpha value is -2.95. The molecular weight excluding hydrogens is 294 g/mol. The van der Waals surface area contributed by atoms with Crippen molar-refractivity contribution in [1.82, 2.24) is 0 Å². The average molecular weight is 313 g/mol. The van der Waals surface area contributed by atoms with Gasteiger partial charge in [0.1, 0.15) is 11.5 Å². The van der Waals surface area contributed by atoms with E-state index in [1.54, 1.807) is 43.3 Å². The van der Waals surface area contributed by atoms with Gasteiger partial charge in [0.15, 0.2) is 0 Å². The number of nitrogens with zero attached hydrogens (tertiary/aromatic N) is 1. The highest BCUT2D eigenvalue weighted by Crippen LogP contribution is 2.36. The molecule has 0 aromatic heterocycles. The molecule has 0 saturated heterocycles. The summed E-state index contributed by atoms with van der Waals surface area (Å²) in [4.78, 5) is 13.3. The third-order valence-electron chi connectivity index (χ3n) is 3.12. The normalized spacial score (nSPS) is 10.5. The summed E-state index contributed by atoms with van der Waals surface area (Å²) in [5.41, 5.74) is 1.28. The minimum Gasteiger partial charge on any atom is -0.506 e. The number of esters is 1. The number of ether oxygens (including phenoxy) is 2. The molecule has 0 amide bonds. The fourth-order valence-electron chi connectivity index (χ4n) is 2.04. The zero-order chi connectivity index (χ0) is 16.7. The van der Waals surface area contributed by atoms with Gasteiger partial charge in [-0.2, -0.15) is 0 Å². The van der Waals surface area contributed by atoms with E-state index in [1.807, 2.05) is 30.3 Å². The van der Waals surface area contributed by atoms with E-state index in [0.29, 0.717) is 18.0 Å². The lowest BCUT2D eigenvalue weighted by molar-refractivity contribution is -0.137. The van der Waals surface area contributed by atoms with Gasteiger partial charge in [0.2, 0.25) is 0 Å². The van der Waals surface area contributed by atoms with Gasteiger partial charge < -0.3 is 19.5 Å². The van der Waals surface area contributed by atoms with Crippen molar-refractivity contribution in [1.29, 1.82) is 0 Å². The van der Waals surface area contributed by atoms with Gasteiger partial charge in [-0.1, -0.05) is 18.2 Å². The van der Waals surface area contributed by atoms with Gasteiger partial charge in [-0.15, -0.1) is 0 Å². The number of benzene rings is 2. The molecule has 0 atom stereocenters. The Bertz CT molecular complexity index is 683. The number of para-hydroxylation sites is 1. The van der Waals surface area contributed by atoms with Gasteiger partial charge in [0, 0.05) is 24.0 Å². The van der Waals surface area contributed by atoms with Crippen LogP contribution in [-0.4, -0.2) is 24.8 Å². The van der Waals surface area contributed by atoms with Crippen molar-refractivity contribution >= 4 is 17.3 Å². The molecule has 2 aromatic rings. The van der Waals surface area contributed by atoms with Gasteiger partial charge in [-0.25, -0.2) is 4.79 Å². The quantitative estimate of drug-likeness (QED) is 0.652. The summed E-state index contributed by atoms with van der Waals surface area (Å²) in [6.45, 7) is 2.05. The third-order valence-corrected chi connectivity index (χ3v) is 3.12. The van der Waals surface area contributed by atoms with Crippen LogP contribution in [0.25, 0.3) is 0 Å². The van der Waals surface area contributed by atoms with Crippen LogP contribution in [0.3, 0.4) is 0 Å². The first-order valence-electron chi connectivity index (χ1n) is 7.22. The Morgan fingerprint density at radius 2 is 1.96 bits per heavy atom. The number of carbonyl (C=O) groups is 1. The fraction of sp³-hybridized carbons (Fsp3) is 0.167. The monoisotopic (exact) mass is 313 g/mol. The highest BCUT2D eigenvalue weighted by Gasteiger charge is 2.13. The van der Waals surface area contributed by atoms with E-state index in [9.17, 15) is 9.90 Å². The SMILES string of the molecule is CCOC(=O)/C=C/N(c1ccccc1)c1cc(OC)ccc1O. The van der Waals surface area contributed by atoms with Crippen molar-refractivity contribution in [3.8, 4) is 11.5 Å². The van der Waals surface area contributed by atoms with Crippen LogP contribution in [0, 0.1) is 0 Å². The van der Waals surface area contributed by atoms with Gasteiger partial charge in [0.25, 0.3) is 0 Å². The number of aromatic hydroxyl groups is 1. The molecule has 0 radical (unpaired) electrons. The molecule has 5 heteroatoms. The Morgan fingerprint density at radius 1 is 1.22 bits per heavy atom. The van der Waals surface area contributed by atoms with Crippen LogP contribution >= 0.6 is 0 Å². The molecule has 0 fully saturated rings. The van der Waals surface area contributed by atoms with Crippen LogP contribution in [-0.2, 0) is 9.53 Å². The molecule has 2 rings (SSSR count). The van der Waals surface area contributed by atoms with E-state index in [2.05, 4.69) is 0 Å². The topological polar surface area (TPSA) is 59.0 Å². The number of methoxy groups -OCH3 is 1. The van der Waals surface area contributed by atoms with Crippen LogP contribution in [0.1, 0.15) is 6.92 Å². The Kier molecular flexibility index (Phi) is 5.63.